The van der Waals surface area contributed by atoms with Crippen molar-refractivity contribution < 1.29 is 24.0 Å². The highest BCUT2D eigenvalue weighted by molar-refractivity contribution is 5.90. The second-order valence-corrected chi connectivity index (χ2v) is 5.38. The van der Waals surface area contributed by atoms with Gasteiger partial charge in [0.2, 0.25) is 11.8 Å². The molecular formula is C16H21N3O6. The lowest BCUT2D eigenvalue weighted by Crippen LogP contribution is -2.50. The summed E-state index contributed by atoms with van der Waals surface area (Å²) >= 11 is 0. The third kappa shape index (κ3) is 6.58. The van der Waals surface area contributed by atoms with Gasteiger partial charge in [0.15, 0.2) is 0 Å². The maximum atomic E-state index is 12.0. The molecule has 0 aliphatic rings. The molecule has 0 saturated heterocycles. The molecule has 2 N–H and O–H groups in total. The first-order valence-electron chi connectivity index (χ1n) is 7.74. The Morgan fingerprint density at radius 3 is 2.48 bits per heavy atom. The van der Waals surface area contributed by atoms with E-state index in [4.69, 9.17) is 4.74 Å². The number of rotatable bonds is 8. The van der Waals surface area contributed by atoms with E-state index in [1.165, 1.54) is 32.0 Å². The van der Waals surface area contributed by atoms with Gasteiger partial charge in [0.05, 0.1) is 18.0 Å². The van der Waals surface area contributed by atoms with Gasteiger partial charge in [0.1, 0.15) is 12.1 Å². The minimum atomic E-state index is -0.872. The van der Waals surface area contributed by atoms with Crippen LogP contribution in [0.15, 0.2) is 24.3 Å². The SMILES string of the molecule is CCOC(=O)[C@H](C)NC(=O)[C@H](C)NC(=O)Cc1cccc([N+](=O)[O-])c1. The zero-order valence-corrected chi connectivity index (χ0v) is 14.3. The second-order valence-electron chi connectivity index (χ2n) is 5.38. The number of nitro groups is 1. The first-order chi connectivity index (χ1) is 11.7. The fraction of sp³-hybridized carbons (Fsp3) is 0.438. The number of hydrogen-bond acceptors (Lipinski definition) is 6. The predicted molar refractivity (Wildman–Crippen MR) is 88.6 cm³/mol. The van der Waals surface area contributed by atoms with Crippen molar-refractivity contribution in [2.75, 3.05) is 6.61 Å². The molecule has 0 radical (unpaired) electrons. The molecule has 9 heteroatoms. The van der Waals surface area contributed by atoms with Crippen LogP contribution in [0.1, 0.15) is 26.3 Å². The Balaban J connectivity index is 2.55. The molecular weight excluding hydrogens is 330 g/mol. The van der Waals surface area contributed by atoms with Crippen molar-refractivity contribution in [2.45, 2.75) is 39.3 Å². The summed E-state index contributed by atoms with van der Waals surface area (Å²) in [7, 11) is 0. The number of benzene rings is 1. The molecule has 2 atom stereocenters. The van der Waals surface area contributed by atoms with Gasteiger partial charge in [0.25, 0.3) is 5.69 Å². The van der Waals surface area contributed by atoms with Crippen LogP contribution in [0.5, 0.6) is 0 Å². The fourth-order valence-corrected chi connectivity index (χ4v) is 1.99. The standard InChI is InChI=1S/C16H21N3O6/c1-4-25-16(22)11(3)18-15(21)10(2)17-14(20)9-12-6-5-7-13(8-12)19(23)24/h5-8,10-11H,4,9H2,1-3H3,(H,17,20)(H,18,21)/t10-,11-/m0/s1. The quantitative estimate of drug-likeness (QED) is 0.403. The molecule has 1 rings (SSSR count). The number of carbonyl (C=O) groups excluding carboxylic acids is 3. The Morgan fingerprint density at radius 2 is 1.88 bits per heavy atom. The summed E-state index contributed by atoms with van der Waals surface area (Å²) in [5.41, 5.74) is 0.346. The van der Waals surface area contributed by atoms with E-state index in [1.807, 2.05) is 0 Å². The van der Waals surface area contributed by atoms with Crippen LogP contribution in [0, 0.1) is 10.1 Å². The van der Waals surface area contributed by atoms with E-state index < -0.39 is 34.8 Å². The number of amides is 2. The highest BCUT2D eigenvalue weighted by atomic mass is 16.6. The van der Waals surface area contributed by atoms with Crippen molar-refractivity contribution >= 4 is 23.5 Å². The second kappa shape index (κ2) is 9.36. The van der Waals surface area contributed by atoms with Crippen LogP contribution >= 0.6 is 0 Å². The molecule has 1 aromatic carbocycles. The average molecular weight is 351 g/mol. The molecule has 0 aromatic heterocycles. The highest BCUT2D eigenvalue weighted by Gasteiger charge is 2.21. The predicted octanol–water partition coefficient (Wildman–Crippen LogP) is 0.710. The monoisotopic (exact) mass is 351 g/mol. The summed E-state index contributed by atoms with van der Waals surface area (Å²) in [6.07, 6.45) is -0.104. The number of nitrogens with zero attached hydrogens (tertiary/aromatic N) is 1. The molecule has 0 bridgehead atoms. The summed E-state index contributed by atoms with van der Waals surface area (Å²) in [6.45, 7) is 4.81. The zero-order chi connectivity index (χ0) is 19.0. The lowest BCUT2D eigenvalue weighted by molar-refractivity contribution is -0.384. The van der Waals surface area contributed by atoms with Gasteiger partial charge in [-0.1, -0.05) is 12.1 Å². The molecule has 0 saturated carbocycles. The zero-order valence-electron chi connectivity index (χ0n) is 14.3. The Kier molecular flexibility index (Phi) is 7.51. The molecule has 2 amide bonds. The lowest BCUT2D eigenvalue weighted by atomic mass is 10.1. The maximum Gasteiger partial charge on any atom is 0.328 e. The van der Waals surface area contributed by atoms with Crippen LogP contribution in [-0.2, 0) is 25.5 Å². The molecule has 25 heavy (non-hydrogen) atoms. The van der Waals surface area contributed by atoms with Gasteiger partial charge in [-0.25, -0.2) is 4.79 Å². The highest BCUT2D eigenvalue weighted by Crippen LogP contribution is 2.13. The van der Waals surface area contributed by atoms with Gasteiger partial charge in [-0.05, 0) is 26.3 Å². The van der Waals surface area contributed by atoms with E-state index in [2.05, 4.69) is 10.6 Å². The summed E-state index contributed by atoms with van der Waals surface area (Å²) in [5, 5.41) is 15.6. The molecule has 136 valence electrons. The number of nitro benzene ring substituents is 1. The van der Waals surface area contributed by atoms with E-state index in [-0.39, 0.29) is 18.7 Å². The summed E-state index contributed by atoms with van der Waals surface area (Å²) in [4.78, 5) is 45.6. The number of non-ortho nitro benzene ring substituents is 1. The fourth-order valence-electron chi connectivity index (χ4n) is 1.99. The summed E-state index contributed by atoms with van der Waals surface area (Å²) < 4.78 is 4.78. The molecule has 1 aromatic rings. The lowest BCUT2D eigenvalue weighted by Gasteiger charge is -2.17. The number of carbonyl (C=O) groups is 3. The van der Waals surface area contributed by atoms with Gasteiger partial charge >= 0.3 is 5.97 Å². The Morgan fingerprint density at radius 1 is 1.20 bits per heavy atom. The van der Waals surface area contributed by atoms with Crippen LogP contribution in [0.4, 0.5) is 5.69 Å². The largest absolute Gasteiger partial charge is 0.464 e. The Bertz CT molecular complexity index is 661. The van der Waals surface area contributed by atoms with E-state index >= 15 is 0 Å². The maximum absolute atomic E-state index is 12.0. The molecule has 0 aliphatic carbocycles. The topological polar surface area (TPSA) is 128 Å². The van der Waals surface area contributed by atoms with Crippen molar-refractivity contribution in [3.8, 4) is 0 Å². The minimum absolute atomic E-state index is 0.104. The van der Waals surface area contributed by atoms with Gasteiger partial charge < -0.3 is 15.4 Å². The van der Waals surface area contributed by atoms with Gasteiger partial charge in [-0.2, -0.15) is 0 Å². The number of esters is 1. The van der Waals surface area contributed by atoms with Crippen LogP contribution < -0.4 is 10.6 Å². The number of ether oxygens (including phenoxy) is 1. The van der Waals surface area contributed by atoms with Crippen molar-refractivity contribution in [2.24, 2.45) is 0 Å². The van der Waals surface area contributed by atoms with Crippen molar-refractivity contribution in [1.29, 1.82) is 0 Å². The molecule has 9 nitrogen and oxygen atoms in total. The average Bonchev–Trinajstić information content (AvgIpc) is 2.54. The van der Waals surface area contributed by atoms with Crippen molar-refractivity contribution in [3.05, 3.63) is 39.9 Å². The normalized spacial score (nSPS) is 12.6. The van der Waals surface area contributed by atoms with E-state index in [9.17, 15) is 24.5 Å². The first kappa shape index (κ1) is 20.1. The summed E-state index contributed by atoms with van der Waals surface area (Å²) in [5.74, 6) is -1.56. The summed E-state index contributed by atoms with van der Waals surface area (Å²) in [6, 6.07) is 3.99. The van der Waals surface area contributed by atoms with Crippen LogP contribution in [-0.4, -0.2) is 41.4 Å². The van der Waals surface area contributed by atoms with E-state index in [0.29, 0.717) is 5.56 Å². The third-order valence-electron chi connectivity index (χ3n) is 3.26. The molecule has 0 aliphatic heterocycles. The molecule has 0 fully saturated rings. The van der Waals surface area contributed by atoms with E-state index in [0.717, 1.165) is 0 Å². The van der Waals surface area contributed by atoms with Gasteiger partial charge in [0, 0.05) is 12.1 Å². The minimum Gasteiger partial charge on any atom is -0.464 e. The smallest absolute Gasteiger partial charge is 0.328 e. The third-order valence-corrected chi connectivity index (χ3v) is 3.26. The van der Waals surface area contributed by atoms with Crippen LogP contribution in [0.2, 0.25) is 0 Å². The molecule has 0 heterocycles. The Hall–Kier alpha value is -2.97. The van der Waals surface area contributed by atoms with E-state index in [1.54, 1.807) is 13.0 Å². The van der Waals surface area contributed by atoms with Crippen molar-refractivity contribution in [3.63, 3.8) is 0 Å². The van der Waals surface area contributed by atoms with Gasteiger partial charge in [-0.3, -0.25) is 19.7 Å². The first-order valence-corrected chi connectivity index (χ1v) is 7.74. The van der Waals surface area contributed by atoms with Gasteiger partial charge in [-0.15, -0.1) is 0 Å². The van der Waals surface area contributed by atoms with Crippen LogP contribution in [0.3, 0.4) is 0 Å². The molecule has 0 spiro atoms. The molecule has 0 unspecified atom stereocenters. The number of hydrogen-bond donors (Lipinski definition) is 2. The Labute approximate surface area is 144 Å². The number of nitrogens with one attached hydrogen (secondary N) is 2. The van der Waals surface area contributed by atoms with Crippen LogP contribution in [0.25, 0.3) is 0 Å². The van der Waals surface area contributed by atoms with Crippen molar-refractivity contribution in [1.82, 2.24) is 10.6 Å².